The highest BCUT2D eigenvalue weighted by Gasteiger charge is 2.09. The van der Waals surface area contributed by atoms with Crippen LogP contribution in [0, 0.1) is 0 Å². The summed E-state index contributed by atoms with van der Waals surface area (Å²) in [5.41, 5.74) is 2.49. The Morgan fingerprint density at radius 1 is 1.33 bits per heavy atom. The van der Waals surface area contributed by atoms with E-state index in [0.29, 0.717) is 31.1 Å². The van der Waals surface area contributed by atoms with E-state index >= 15 is 0 Å². The molecular weight excluding hydrogens is 232 g/mol. The number of carbonyl (C=O) groups excluding carboxylic acids is 1. The second-order valence-electron chi connectivity index (χ2n) is 3.51. The van der Waals surface area contributed by atoms with Crippen molar-refractivity contribution >= 4 is 5.91 Å². The second kappa shape index (κ2) is 8.27. The number of carbonyl (C=O) groups is 1. The molecule has 98 valence electrons. The van der Waals surface area contributed by atoms with Gasteiger partial charge in [-0.05, 0) is 18.6 Å². The lowest BCUT2D eigenvalue weighted by molar-refractivity contribution is 0.0929. The molecule has 0 radical (unpaired) electrons. The summed E-state index contributed by atoms with van der Waals surface area (Å²) in [4.78, 5) is 11.4. The van der Waals surface area contributed by atoms with Crippen LogP contribution in [0.1, 0.15) is 16.8 Å². The van der Waals surface area contributed by atoms with E-state index in [9.17, 15) is 4.79 Å². The topological polar surface area (TPSA) is 73.6 Å². The predicted octanol–water partition coefficient (Wildman–Crippen LogP) is 1.26. The van der Waals surface area contributed by atoms with Crippen molar-refractivity contribution in [1.82, 2.24) is 5.43 Å². The van der Waals surface area contributed by atoms with E-state index < -0.39 is 0 Å². The Balaban J connectivity index is 2.42. The summed E-state index contributed by atoms with van der Waals surface area (Å²) >= 11 is 0. The SMILES string of the molecule is C=CCCOCCOc1ccccc1C(=O)NN. The number of para-hydroxylation sites is 1. The monoisotopic (exact) mass is 250 g/mol. The summed E-state index contributed by atoms with van der Waals surface area (Å²) in [5, 5.41) is 0. The van der Waals surface area contributed by atoms with Gasteiger partial charge in [0.25, 0.3) is 5.91 Å². The molecule has 5 heteroatoms. The molecule has 0 aromatic heterocycles. The van der Waals surface area contributed by atoms with Gasteiger partial charge in [0.1, 0.15) is 12.4 Å². The van der Waals surface area contributed by atoms with Crippen molar-refractivity contribution in [3.05, 3.63) is 42.5 Å². The van der Waals surface area contributed by atoms with Crippen LogP contribution in [0.4, 0.5) is 0 Å². The van der Waals surface area contributed by atoms with Gasteiger partial charge in [-0.1, -0.05) is 18.2 Å². The lowest BCUT2D eigenvalue weighted by atomic mass is 10.2. The lowest BCUT2D eigenvalue weighted by Crippen LogP contribution is -2.30. The minimum atomic E-state index is -0.377. The predicted molar refractivity (Wildman–Crippen MR) is 69.2 cm³/mol. The number of nitrogen functional groups attached to an aromatic ring is 1. The average molecular weight is 250 g/mol. The number of nitrogens with one attached hydrogen (secondary N) is 1. The zero-order valence-corrected chi connectivity index (χ0v) is 10.2. The van der Waals surface area contributed by atoms with E-state index in [4.69, 9.17) is 15.3 Å². The molecule has 0 fully saturated rings. The van der Waals surface area contributed by atoms with Gasteiger partial charge in [-0.15, -0.1) is 6.58 Å². The number of hydrazine groups is 1. The number of amides is 1. The molecular formula is C13H18N2O3. The molecule has 18 heavy (non-hydrogen) atoms. The Labute approximate surface area is 107 Å². The first-order chi connectivity index (χ1) is 8.79. The third-order valence-electron chi connectivity index (χ3n) is 2.21. The third-order valence-corrected chi connectivity index (χ3v) is 2.21. The summed E-state index contributed by atoms with van der Waals surface area (Å²) in [6.45, 7) is 5.07. The molecule has 0 aliphatic carbocycles. The zero-order valence-electron chi connectivity index (χ0n) is 10.2. The highest BCUT2D eigenvalue weighted by atomic mass is 16.5. The largest absolute Gasteiger partial charge is 0.490 e. The summed E-state index contributed by atoms with van der Waals surface area (Å²) in [6, 6.07) is 6.91. The summed E-state index contributed by atoms with van der Waals surface area (Å²) in [7, 11) is 0. The molecule has 1 rings (SSSR count). The number of hydrogen-bond donors (Lipinski definition) is 2. The van der Waals surface area contributed by atoms with Gasteiger partial charge >= 0.3 is 0 Å². The highest BCUT2D eigenvalue weighted by molar-refractivity contribution is 5.96. The molecule has 0 saturated heterocycles. The van der Waals surface area contributed by atoms with Gasteiger partial charge < -0.3 is 9.47 Å². The van der Waals surface area contributed by atoms with Gasteiger partial charge in [0.15, 0.2) is 0 Å². The van der Waals surface area contributed by atoms with Gasteiger partial charge in [-0.2, -0.15) is 0 Å². The number of hydrogen-bond acceptors (Lipinski definition) is 4. The fourth-order valence-corrected chi connectivity index (χ4v) is 1.34. The summed E-state index contributed by atoms with van der Waals surface area (Å²) in [6.07, 6.45) is 2.61. The molecule has 0 unspecified atom stereocenters. The normalized spacial score (nSPS) is 9.83. The fraction of sp³-hybridized carbons (Fsp3) is 0.308. The molecule has 1 amide bonds. The van der Waals surface area contributed by atoms with Gasteiger partial charge in [0.05, 0.1) is 18.8 Å². The molecule has 0 spiro atoms. The van der Waals surface area contributed by atoms with E-state index in [-0.39, 0.29) is 5.91 Å². The van der Waals surface area contributed by atoms with Crippen molar-refractivity contribution in [1.29, 1.82) is 0 Å². The maximum atomic E-state index is 11.4. The Morgan fingerprint density at radius 3 is 2.83 bits per heavy atom. The maximum Gasteiger partial charge on any atom is 0.268 e. The van der Waals surface area contributed by atoms with E-state index in [1.165, 1.54) is 0 Å². The molecule has 1 aromatic rings. The quantitative estimate of drug-likeness (QED) is 0.239. The molecule has 5 nitrogen and oxygen atoms in total. The van der Waals surface area contributed by atoms with Crippen LogP contribution in [0.2, 0.25) is 0 Å². The Kier molecular flexibility index (Phi) is 6.53. The fourth-order valence-electron chi connectivity index (χ4n) is 1.34. The minimum absolute atomic E-state index is 0.377. The minimum Gasteiger partial charge on any atom is -0.490 e. The maximum absolute atomic E-state index is 11.4. The van der Waals surface area contributed by atoms with Crippen molar-refractivity contribution in [2.45, 2.75) is 6.42 Å². The number of rotatable bonds is 8. The first-order valence-corrected chi connectivity index (χ1v) is 5.71. The molecule has 0 saturated carbocycles. The van der Waals surface area contributed by atoms with Gasteiger partial charge in [0, 0.05) is 0 Å². The second-order valence-corrected chi connectivity index (χ2v) is 3.51. The van der Waals surface area contributed by atoms with Crippen molar-refractivity contribution in [3.8, 4) is 5.75 Å². The Morgan fingerprint density at radius 2 is 2.11 bits per heavy atom. The van der Waals surface area contributed by atoms with Crippen molar-refractivity contribution in [2.24, 2.45) is 5.84 Å². The van der Waals surface area contributed by atoms with Crippen LogP contribution in [0.5, 0.6) is 5.75 Å². The van der Waals surface area contributed by atoms with Crippen molar-refractivity contribution in [2.75, 3.05) is 19.8 Å². The molecule has 0 aliphatic rings. The van der Waals surface area contributed by atoms with Gasteiger partial charge in [0.2, 0.25) is 0 Å². The third kappa shape index (κ3) is 4.57. The molecule has 0 atom stereocenters. The van der Waals surface area contributed by atoms with E-state index in [0.717, 1.165) is 6.42 Å². The van der Waals surface area contributed by atoms with Crippen molar-refractivity contribution in [3.63, 3.8) is 0 Å². The van der Waals surface area contributed by atoms with Gasteiger partial charge in [-0.3, -0.25) is 10.2 Å². The number of ether oxygens (including phenoxy) is 2. The van der Waals surface area contributed by atoms with Crippen LogP contribution < -0.4 is 16.0 Å². The van der Waals surface area contributed by atoms with E-state index in [2.05, 4.69) is 12.0 Å². The Bertz CT molecular complexity index is 394. The van der Waals surface area contributed by atoms with E-state index in [1.54, 1.807) is 30.3 Å². The van der Waals surface area contributed by atoms with Crippen LogP contribution in [-0.4, -0.2) is 25.7 Å². The average Bonchev–Trinajstić information content (AvgIpc) is 2.42. The van der Waals surface area contributed by atoms with Gasteiger partial charge in [-0.25, -0.2) is 5.84 Å². The lowest BCUT2D eigenvalue weighted by Gasteiger charge is -2.10. The van der Waals surface area contributed by atoms with E-state index in [1.807, 2.05) is 0 Å². The standard InChI is InChI=1S/C13H18N2O3/c1-2-3-8-17-9-10-18-12-7-5-4-6-11(12)13(16)15-14/h2,4-7H,1,3,8-10,14H2,(H,15,16). The molecule has 3 N–H and O–H groups in total. The van der Waals surface area contributed by atoms with Crippen LogP contribution in [0.3, 0.4) is 0 Å². The number of benzene rings is 1. The van der Waals surface area contributed by atoms with Crippen LogP contribution in [0.15, 0.2) is 36.9 Å². The Hall–Kier alpha value is -1.85. The molecule has 1 aromatic carbocycles. The molecule has 0 bridgehead atoms. The molecule has 0 heterocycles. The smallest absolute Gasteiger partial charge is 0.268 e. The molecule has 0 aliphatic heterocycles. The first kappa shape index (κ1) is 14.2. The van der Waals surface area contributed by atoms with Crippen LogP contribution >= 0.6 is 0 Å². The van der Waals surface area contributed by atoms with Crippen molar-refractivity contribution < 1.29 is 14.3 Å². The summed E-state index contributed by atoms with van der Waals surface area (Å²) < 4.78 is 10.8. The van der Waals surface area contributed by atoms with Crippen LogP contribution in [-0.2, 0) is 4.74 Å². The highest BCUT2D eigenvalue weighted by Crippen LogP contribution is 2.17. The zero-order chi connectivity index (χ0) is 13.2. The van der Waals surface area contributed by atoms with Crippen LogP contribution in [0.25, 0.3) is 0 Å². The first-order valence-electron chi connectivity index (χ1n) is 5.71. The summed E-state index contributed by atoms with van der Waals surface area (Å²) in [5.74, 6) is 5.21. The number of nitrogens with two attached hydrogens (primary N) is 1.